The second-order valence-electron chi connectivity index (χ2n) is 5.79. The van der Waals surface area contributed by atoms with E-state index in [2.05, 4.69) is 10.6 Å². The van der Waals surface area contributed by atoms with E-state index < -0.39 is 5.82 Å². The van der Waals surface area contributed by atoms with Gasteiger partial charge in [-0.1, -0.05) is 29.8 Å². The van der Waals surface area contributed by atoms with Crippen molar-refractivity contribution in [3.63, 3.8) is 0 Å². The average molecular weight is 385 g/mol. The van der Waals surface area contributed by atoms with Crippen molar-refractivity contribution in [3.8, 4) is 11.5 Å². The zero-order valence-corrected chi connectivity index (χ0v) is 15.2. The minimum absolute atomic E-state index is 0.0438. The number of ether oxygens (including phenoxy) is 1. The zero-order valence-electron chi connectivity index (χ0n) is 14.4. The van der Waals surface area contributed by atoms with E-state index in [1.807, 2.05) is 30.3 Å². The first kappa shape index (κ1) is 18.7. The van der Waals surface area contributed by atoms with Gasteiger partial charge in [-0.15, -0.1) is 0 Å². The lowest BCUT2D eigenvalue weighted by molar-refractivity contribution is -0.115. The topological polar surface area (TPSA) is 50.4 Å². The summed E-state index contributed by atoms with van der Waals surface area (Å²) in [5.41, 5.74) is 1.35. The highest BCUT2D eigenvalue weighted by atomic mass is 35.5. The summed E-state index contributed by atoms with van der Waals surface area (Å²) in [7, 11) is 0. The Morgan fingerprint density at radius 3 is 2.30 bits per heavy atom. The smallest absolute Gasteiger partial charge is 0.226 e. The molecular weight excluding hydrogens is 367 g/mol. The van der Waals surface area contributed by atoms with Crippen LogP contribution in [-0.4, -0.2) is 12.5 Å². The van der Waals surface area contributed by atoms with Crippen LogP contribution in [0.25, 0.3) is 0 Å². The highest BCUT2D eigenvalue weighted by molar-refractivity contribution is 6.31. The van der Waals surface area contributed by atoms with Gasteiger partial charge in [-0.2, -0.15) is 0 Å². The Labute approximate surface area is 161 Å². The van der Waals surface area contributed by atoms with E-state index in [0.29, 0.717) is 23.7 Å². The molecule has 0 spiro atoms. The maximum atomic E-state index is 13.1. The highest BCUT2D eigenvalue weighted by Gasteiger charge is 2.05. The molecule has 0 heterocycles. The van der Waals surface area contributed by atoms with Crippen molar-refractivity contribution in [1.82, 2.24) is 0 Å². The molecule has 0 aliphatic carbocycles. The van der Waals surface area contributed by atoms with Gasteiger partial charge in [0.2, 0.25) is 5.91 Å². The lowest BCUT2D eigenvalue weighted by atomic mass is 10.2. The molecule has 3 aromatic carbocycles. The summed E-state index contributed by atoms with van der Waals surface area (Å²) in [4.78, 5) is 12.0. The molecule has 2 N–H and O–H groups in total. The van der Waals surface area contributed by atoms with E-state index in [9.17, 15) is 9.18 Å². The predicted molar refractivity (Wildman–Crippen MR) is 106 cm³/mol. The van der Waals surface area contributed by atoms with E-state index in [-0.39, 0.29) is 17.4 Å². The van der Waals surface area contributed by atoms with E-state index in [0.717, 1.165) is 5.75 Å². The molecule has 138 valence electrons. The average Bonchev–Trinajstić information content (AvgIpc) is 2.67. The molecule has 27 heavy (non-hydrogen) atoms. The van der Waals surface area contributed by atoms with Crippen molar-refractivity contribution >= 4 is 28.9 Å². The summed E-state index contributed by atoms with van der Waals surface area (Å²) >= 11 is 5.72. The van der Waals surface area contributed by atoms with Gasteiger partial charge in [-0.05, 0) is 54.6 Å². The molecule has 3 rings (SSSR count). The number of hydrogen-bond acceptors (Lipinski definition) is 3. The maximum absolute atomic E-state index is 13.1. The monoisotopic (exact) mass is 384 g/mol. The molecule has 0 atom stereocenters. The molecule has 0 fully saturated rings. The number of amides is 1. The molecule has 0 saturated carbocycles. The Hall–Kier alpha value is -3.05. The second kappa shape index (κ2) is 9.05. The maximum Gasteiger partial charge on any atom is 0.226 e. The lowest BCUT2D eigenvalue weighted by Gasteiger charge is -2.09. The summed E-state index contributed by atoms with van der Waals surface area (Å²) in [6, 6.07) is 21.0. The molecule has 3 aromatic rings. The van der Waals surface area contributed by atoms with Gasteiger partial charge in [0.1, 0.15) is 17.3 Å². The number of rotatable bonds is 7. The van der Waals surface area contributed by atoms with Gasteiger partial charge in [-0.3, -0.25) is 4.79 Å². The van der Waals surface area contributed by atoms with Gasteiger partial charge < -0.3 is 15.4 Å². The Bertz CT molecular complexity index is 902. The predicted octanol–water partition coefficient (Wildman–Crippen LogP) is 5.71. The van der Waals surface area contributed by atoms with E-state index in [1.54, 1.807) is 30.3 Å². The van der Waals surface area contributed by atoms with Crippen LogP contribution in [0, 0.1) is 5.82 Å². The first-order chi connectivity index (χ1) is 13.1. The van der Waals surface area contributed by atoms with E-state index >= 15 is 0 Å². The molecular formula is C21H18ClFN2O2. The third kappa shape index (κ3) is 5.72. The number of nitrogens with one attached hydrogen (secondary N) is 2. The Kier molecular flexibility index (Phi) is 6.28. The van der Waals surface area contributed by atoms with Gasteiger partial charge in [0.25, 0.3) is 0 Å². The van der Waals surface area contributed by atoms with Gasteiger partial charge in [-0.25, -0.2) is 4.39 Å². The molecule has 0 bridgehead atoms. The van der Waals surface area contributed by atoms with Crippen molar-refractivity contribution in [1.29, 1.82) is 0 Å². The quantitative estimate of drug-likeness (QED) is 0.548. The lowest BCUT2D eigenvalue weighted by Crippen LogP contribution is -2.16. The third-order valence-corrected chi connectivity index (χ3v) is 4.01. The van der Waals surface area contributed by atoms with Crippen LogP contribution >= 0.6 is 11.6 Å². The summed E-state index contributed by atoms with van der Waals surface area (Å²) < 4.78 is 18.8. The van der Waals surface area contributed by atoms with Crippen molar-refractivity contribution in [2.24, 2.45) is 0 Å². The molecule has 0 saturated heterocycles. The fourth-order valence-electron chi connectivity index (χ4n) is 2.38. The fourth-order valence-corrected chi connectivity index (χ4v) is 2.56. The van der Waals surface area contributed by atoms with Crippen LogP contribution < -0.4 is 15.4 Å². The summed E-state index contributed by atoms with van der Waals surface area (Å²) in [5.74, 6) is 0.836. The number of benzene rings is 3. The molecule has 0 unspecified atom stereocenters. The zero-order chi connectivity index (χ0) is 19.1. The van der Waals surface area contributed by atoms with Crippen LogP contribution in [-0.2, 0) is 4.79 Å². The van der Waals surface area contributed by atoms with Gasteiger partial charge >= 0.3 is 0 Å². The molecule has 0 aliphatic rings. The van der Waals surface area contributed by atoms with Gasteiger partial charge in [0.05, 0.1) is 5.02 Å². The van der Waals surface area contributed by atoms with Crippen LogP contribution in [0.2, 0.25) is 5.02 Å². The summed E-state index contributed by atoms with van der Waals surface area (Å²) in [5, 5.41) is 5.90. The Balaban J connectivity index is 1.45. The largest absolute Gasteiger partial charge is 0.457 e. The first-order valence-electron chi connectivity index (χ1n) is 8.42. The number of anilines is 2. The van der Waals surface area contributed by atoms with E-state index in [4.69, 9.17) is 16.3 Å². The van der Waals surface area contributed by atoms with Crippen molar-refractivity contribution in [2.75, 3.05) is 17.2 Å². The number of carbonyl (C=O) groups is 1. The van der Waals surface area contributed by atoms with Crippen LogP contribution in [0.4, 0.5) is 15.8 Å². The van der Waals surface area contributed by atoms with Crippen molar-refractivity contribution in [3.05, 3.63) is 83.6 Å². The molecule has 0 aliphatic heterocycles. The molecule has 0 radical (unpaired) electrons. The van der Waals surface area contributed by atoms with Crippen LogP contribution in [0.1, 0.15) is 6.42 Å². The number of hydrogen-bond donors (Lipinski definition) is 2. The van der Waals surface area contributed by atoms with Crippen LogP contribution in [0.3, 0.4) is 0 Å². The number of halogens is 2. The normalized spacial score (nSPS) is 10.3. The van der Waals surface area contributed by atoms with E-state index in [1.165, 1.54) is 12.1 Å². The van der Waals surface area contributed by atoms with Crippen molar-refractivity contribution in [2.45, 2.75) is 6.42 Å². The van der Waals surface area contributed by atoms with Crippen molar-refractivity contribution < 1.29 is 13.9 Å². The first-order valence-corrected chi connectivity index (χ1v) is 8.80. The minimum atomic E-state index is -0.473. The SMILES string of the molecule is O=C(CCNc1ccc(F)c(Cl)c1)Nc1ccc(Oc2ccccc2)cc1. The standard InChI is InChI=1S/C21H18ClFN2O2/c22-19-14-16(8-11-20(19)23)24-13-12-21(26)25-15-6-9-18(10-7-15)27-17-4-2-1-3-5-17/h1-11,14,24H,12-13H2,(H,25,26). The molecule has 4 nitrogen and oxygen atoms in total. The summed E-state index contributed by atoms with van der Waals surface area (Å²) in [6.45, 7) is 0.406. The fraction of sp³-hybridized carbons (Fsp3) is 0.0952. The van der Waals surface area contributed by atoms with Gasteiger partial charge in [0, 0.05) is 24.3 Å². The van der Waals surface area contributed by atoms with Crippen LogP contribution in [0.5, 0.6) is 11.5 Å². The molecule has 1 amide bonds. The second-order valence-corrected chi connectivity index (χ2v) is 6.20. The Morgan fingerprint density at radius 2 is 1.59 bits per heavy atom. The van der Waals surface area contributed by atoms with Crippen LogP contribution in [0.15, 0.2) is 72.8 Å². The minimum Gasteiger partial charge on any atom is -0.457 e. The number of carbonyl (C=O) groups excluding carboxylic acids is 1. The molecule has 6 heteroatoms. The third-order valence-electron chi connectivity index (χ3n) is 3.72. The summed E-state index contributed by atoms with van der Waals surface area (Å²) in [6.07, 6.45) is 0.261. The Morgan fingerprint density at radius 1 is 0.926 bits per heavy atom. The van der Waals surface area contributed by atoms with Gasteiger partial charge in [0.15, 0.2) is 0 Å². The highest BCUT2D eigenvalue weighted by Crippen LogP contribution is 2.23. The molecule has 0 aromatic heterocycles. The number of para-hydroxylation sites is 1.